The van der Waals surface area contributed by atoms with Gasteiger partial charge in [0, 0.05) is 42.5 Å². The van der Waals surface area contributed by atoms with Crippen LogP contribution in [-0.4, -0.2) is 15.0 Å². The minimum atomic E-state index is 0.985. The van der Waals surface area contributed by atoms with Gasteiger partial charge in [0.2, 0.25) is 0 Å². The zero-order chi connectivity index (χ0) is 22.2. The normalized spacial score (nSPS) is 12.1. The summed E-state index contributed by atoms with van der Waals surface area (Å²) in [7, 11) is 0. The number of para-hydroxylation sites is 2. The highest BCUT2D eigenvalue weighted by atomic mass is 32.1. The Balaban J connectivity index is 1.73. The molecule has 0 radical (unpaired) electrons. The summed E-state index contributed by atoms with van der Waals surface area (Å²) in [6.45, 7) is 0. The molecule has 0 aliphatic heterocycles. The van der Waals surface area contributed by atoms with Gasteiger partial charge >= 0.3 is 0 Å². The van der Waals surface area contributed by atoms with E-state index in [1.165, 1.54) is 16.2 Å². The molecular weight excluding hydrogens is 434 g/mol. The van der Waals surface area contributed by atoms with Gasteiger partial charge in [0.05, 0.1) is 22.1 Å². The topological polar surface area (TPSA) is 41.6 Å². The van der Waals surface area contributed by atoms with E-state index in [4.69, 9.17) is 9.97 Å². The van der Waals surface area contributed by atoms with Crippen LogP contribution in [0.2, 0.25) is 0 Å². The quantitative estimate of drug-likeness (QED) is 0.235. The van der Waals surface area contributed by atoms with E-state index in [1.807, 2.05) is 0 Å². The second kappa shape index (κ2) is 6.62. The van der Waals surface area contributed by atoms with Crippen LogP contribution in [0.4, 0.5) is 0 Å². The first kappa shape index (κ1) is 18.2. The fourth-order valence-electron chi connectivity index (χ4n) is 5.19. The van der Waals surface area contributed by atoms with Crippen molar-refractivity contribution in [3.63, 3.8) is 0 Å². The lowest BCUT2D eigenvalue weighted by molar-refractivity contribution is 1.47. The summed E-state index contributed by atoms with van der Waals surface area (Å²) in [5.74, 6) is 0. The van der Waals surface area contributed by atoms with Crippen LogP contribution in [0, 0.1) is 0 Å². The van der Waals surface area contributed by atoms with Crippen LogP contribution in [0.1, 0.15) is 0 Å². The van der Waals surface area contributed by atoms with E-state index in [-0.39, 0.29) is 0 Å². The minimum absolute atomic E-state index is 0.985. The number of pyridine rings is 2. The SMILES string of the molecule is c1cc2cc(c1)c1cccc3c4cccc(c5ccc6ccc7ccc(nc7c6[nH]5)s2)c4nc13. The van der Waals surface area contributed by atoms with Crippen LogP contribution >= 0.6 is 11.3 Å². The molecule has 0 aliphatic rings. The highest BCUT2D eigenvalue weighted by Crippen LogP contribution is 2.34. The Hall–Kier alpha value is -4.28. The molecule has 4 heteroatoms. The van der Waals surface area contributed by atoms with Gasteiger partial charge in [0.1, 0.15) is 4.83 Å². The van der Waals surface area contributed by atoms with Crippen molar-refractivity contribution < 1.29 is 0 Å². The molecule has 0 atom stereocenters. The zero-order valence-corrected chi connectivity index (χ0v) is 18.9. The lowest BCUT2D eigenvalue weighted by Crippen LogP contribution is -1.86. The molecule has 4 aromatic carbocycles. The number of hydrogen-bond acceptors (Lipinski definition) is 3. The number of aromatic amines is 1. The van der Waals surface area contributed by atoms with Crippen molar-refractivity contribution in [2.75, 3.05) is 0 Å². The molecule has 4 aromatic heterocycles. The van der Waals surface area contributed by atoms with Gasteiger partial charge < -0.3 is 4.98 Å². The number of benzene rings is 4. The monoisotopic (exact) mass is 451 g/mol. The highest BCUT2D eigenvalue weighted by Gasteiger charge is 2.11. The molecule has 8 aromatic rings. The third-order valence-corrected chi connectivity index (χ3v) is 7.73. The molecule has 3 nitrogen and oxygen atoms in total. The number of hydrogen-bond donors (Lipinski definition) is 1. The Bertz CT molecular complexity index is 2130. The van der Waals surface area contributed by atoms with Gasteiger partial charge in [-0.05, 0) is 35.7 Å². The Morgan fingerprint density at radius 1 is 0.529 bits per heavy atom. The van der Waals surface area contributed by atoms with E-state index in [0.29, 0.717) is 0 Å². The molecule has 1 N–H and O–H groups in total. The fraction of sp³-hybridized carbons (Fsp3) is 0. The van der Waals surface area contributed by atoms with Crippen molar-refractivity contribution >= 4 is 86.2 Å². The first-order valence-electron chi connectivity index (χ1n) is 11.3. The Morgan fingerprint density at radius 3 is 2.15 bits per heavy atom. The molecule has 0 spiro atoms. The van der Waals surface area contributed by atoms with Crippen LogP contribution in [0.3, 0.4) is 0 Å². The Labute approximate surface area is 198 Å². The van der Waals surface area contributed by atoms with Crippen molar-refractivity contribution in [2.45, 2.75) is 0 Å². The summed E-state index contributed by atoms with van der Waals surface area (Å²) in [6, 6.07) is 34.6. The van der Waals surface area contributed by atoms with E-state index in [9.17, 15) is 0 Å². The second-order valence-corrected chi connectivity index (χ2v) is 9.86. The van der Waals surface area contributed by atoms with Gasteiger partial charge in [0.25, 0.3) is 0 Å². The predicted octanol–water partition coefficient (Wildman–Crippen LogP) is 8.50. The van der Waals surface area contributed by atoms with Crippen molar-refractivity contribution in [1.82, 2.24) is 15.0 Å². The van der Waals surface area contributed by atoms with Crippen LogP contribution < -0.4 is 0 Å². The van der Waals surface area contributed by atoms with Gasteiger partial charge in [-0.2, -0.15) is 0 Å². The van der Waals surface area contributed by atoms with E-state index >= 15 is 0 Å². The largest absolute Gasteiger partial charge is 0.353 e. The second-order valence-electron chi connectivity index (χ2n) is 8.77. The van der Waals surface area contributed by atoms with E-state index in [1.54, 1.807) is 11.3 Å². The van der Waals surface area contributed by atoms with Gasteiger partial charge in [-0.3, -0.25) is 0 Å². The summed E-state index contributed by atoms with van der Waals surface area (Å²) < 4.78 is 1.16. The van der Waals surface area contributed by atoms with Crippen molar-refractivity contribution in [3.05, 3.63) is 97.1 Å². The standard InChI is InChI=1S/C30H17N3S/c1-4-19-16-20(5-1)34-26-15-13-18-11-10-17-12-14-25(31-27(17)28(18)32-26)24-9-3-8-23-22-7-2-6-21(19)29(22)33-30(23)24/h1-16,31H. The third-order valence-electron chi connectivity index (χ3n) is 6.80. The molecule has 0 fully saturated rings. The number of nitrogens with zero attached hydrogens (tertiary/aromatic N) is 2. The van der Waals surface area contributed by atoms with Gasteiger partial charge in [-0.1, -0.05) is 66.7 Å². The molecule has 8 rings (SSSR count). The molecule has 158 valence electrons. The molecule has 4 heterocycles. The molecule has 0 unspecified atom stereocenters. The number of rotatable bonds is 0. The van der Waals surface area contributed by atoms with Crippen molar-refractivity contribution in [2.24, 2.45) is 0 Å². The van der Waals surface area contributed by atoms with E-state index in [0.717, 1.165) is 58.7 Å². The van der Waals surface area contributed by atoms with Crippen molar-refractivity contribution in [3.8, 4) is 0 Å². The van der Waals surface area contributed by atoms with Crippen molar-refractivity contribution in [1.29, 1.82) is 0 Å². The smallest absolute Gasteiger partial charge is 0.117 e. The summed E-state index contributed by atoms with van der Waals surface area (Å²) in [4.78, 5) is 15.0. The molecule has 0 saturated heterocycles. The third kappa shape index (κ3) is 2.51. The lowest BCUT2D eigenvalue weighted by atomic mass is 10.1. The maximum absolute atomic E-state index is 5.22. The summed E-state index contributed by atoms with van der Waals surface area (Å²) in [5.41, 5.74) is 5.16. The first-order valence-corrected chi connectivity index (χ1v) is 12.2. The van der Waals surface area contributed by atoms with E-state index in [2.05, 4.69) is 102 Å². The van der Waals surface area contributed by atoms with Gasteiger partial charge in [-0.25, -0.2) is 9.97 Å². The maximum atomic E-state index is 5.22. The average Bonchev–Trinajstić information content (AvgIpc) is 3.27. The number of nitrogens with one attached hydrogen (secondary N) is 1. The zero-order valence-electron chi connectivity index (χ0n) is 18.0. The van der Waals surface area contributed by atoms with Gasteiger partial charge in [-0.15, -0.1) is 11.3 Å². The van der Waals surface area contributed by atoms with Crippen LogP contribution in [0.15, 0.2) is 97.1 Å². The predicted molar refractivity (Wildman–Crippen MR) is 146 cm³/mol. The molecule has 0 aliphatic carbocycles. The molecule has 0 saturated carbocycles. The fourth-order valence-corrected chi connectivity index (χ4v) is 6.04. The molecular formula is C30H17N3S. The van der Waals surface area contributed by atoms with Gasteiger partial charge in [0.15, 0.2) is 0 Å². The van der Waals surface area contributed by atoms with Crippen LogP contribution in [0.5, 0.6) is 0 Å². The summed E-state index contributed by atoms with van der Waals surface area (Å²) in [5, 5.41) is 8.07. The Kier molecular flexibility index (Phi) is 3.54. The minimum Gasteiger partial charge on any atom is -0.353 e. The number of fused-ring (bicyclic) bond motifs is 7. The summed E-state index contributed by atoms with van der Waals surface area (Å²) in [6.07, 6.45) is 0. The molecule has 0 amide bonds. The maximum Gasteiger partial charge on any atom is 0.117 e. The van der Waals surface area contributed by atoms with Crippen LogP contribution in [0.25, 0.3) is 74.8 Å². The van der Waals surface area contributed by atoms with E-state index < -0.39 is 0 Å². The molecule has 8 bridgehead atoms. The molecule has 34 heavy (non-hydrogen) atoms. The highest BCUT2D eigenvalue weighted by molar-refractivity contribution is 7.22. The average molecular weight is 452 g/mol. The van der Waals surface area contributed by atoms with Crippen LogP contribution in [-0.2, 0) is 0 Å². The number of aromatic nitrogens is 3. The first-order chi connectivity index (χ1) is 16.8. The summed E-state index contributed by atoms with van der Waals surface area (Å²) >= 11 is 1.70. The lowest BCUT2D eigenvalue weighted by Gasteiger charge is -2.05. The Morgan fingerprint density at radius 2 is 1.24 bits per heavy atom. The number of H-pyrrole nitrogens is 1.